The molecule has 1 aromatic heterocycles. The van der Waals surface area contributed by atoms with Gasteiger partial charge in [-0.05, 0) is 6.07 Å². The summed E-state index contributed by atoms with van der Waals surface area (Å²) in [5, 5.41) is 8.88. The SMILES string of the molecule is OCc1cc(C(F)F)nc(CCl)c1OC(F)(F)F. The van der Waals surface area contributed by atoms with Crippen LogP contribution in [-0.2, 0) is 12.5 Å². The summed E-state index contributed by atoms with van der Waals surface area (Å²) in [6.45, 7) is -0.905. The third-order valence-corrected chi connectivity index (χ3v) is 2.13. The normalized spacial score (nSPS) is 12.0. The van der Waals surface area contributed by atoms with Crippen LogP contribution in [0.5, 0.6) is 5.75 Å². The first-order valence-corrected chi connectivity index (χ1v) is 5.05. The Balaban J connectivity index is 3.30. The van der Waals surface area contributed by atoms with Gasteiger partial charge in [-0.15, -0.1) is 24.8 Å². The first-order chi connectivity index (χ1) is 8.28. The molecule has 0 fully saturated rings. The second-order valence-electron chi connectivity index (χ2n) is 3.12. The molecule has 18 heavy (non-hydrogen) atoms. The number of aliphatic hydroxyl groups excluding tert-OH is 1. The van der Waals surface area contributed by atoms with Crippen molar-refractivity contribution in [3.05, 3.63) is 23.0 Å². The lowest BCUT2D eigenvalue weighted by atomic mass is 10.1. The van der Waals surface area contributed by atoms with Gasteiger partial charge in [-0.2, -0.15) is 0 Å². The van der Waals surface area contributed by atoms with Crippen LogP contribution in [0.2, 0.25) is 0 Å². The highest BCUT2D eigenvalue weighted by Gasteiger charge is 2.34. The van der Waals surface area contributed by atoms with Gasteiger partial charge in [-0.3, -0.25) is 0 Å². The van der Waals surface area contributed by atoms with E-state index in [9.17, 15) is 22.0 Å². The molecule has 0 atom stereocenters. The van der Waals surface area contributed by atoms with E-state index in [0.29, 0.717) is 6.07 Å². The number of pyridine rings is 1. The molecule has 0 amide bonds. The highest BCUT2D eigenvalue weighted by Crippen LogP contribution is 2.32. The van der Waals surface area contributed by atoms with E-state index < -0.39 is 48.0 Å². The summed E-state index contributed by atoms with van der Waals surface area (Å²) in [7, 11) is 0. The zero-order chi connectivity index (χ0) is 13.9. The number of rotatable bonds is 4. The molecular weight excluding hydrogens is 285 g/mol. The fraction of sp³-hybridized carbons (Fsp3) is 0.444. The van der Waals surface area contributed by atoms with Gasteiger partial charge in [0.05, 0.1) is 18.2 Å². The summed E-state index contributed by atoms with van der Waals surface area (Å²) < 4.78 is 64.8. The molecule has 0 unspecified atom stereocenters. The zero-order valence-corrected chi connectivity index (χ0v) is 9.40. The van der Waals surface area contributed by atoms with Gasteiger partial charge in [0.15, 0.2) is 5.75 Å². The van der Waals surface area contributed by atoms with E-state index in [1.807, 2.05) is 0 Å². The summed E-state index contributed by atoms with van der Waals surface area (Å²) in [5.41, 5.74) is -1.73. The number of alkyl halides is 6. The smallest absolute Gasteiger partial charge is 0.403 e. The molecule has 9 heteroatoms. The van der Waals surface area contributed by atoms with Crippen molar-refractivity contribution in [1.82, 2.24) is 4.98 Å². The summed E-state index contributed by atoms with van der Waals surface area (Å²) in [5.74, 6) is -1.40. The lowest BCUT2D eigenvalue weighted by Crippen LogP contribution is -2.20. The Bertz CT molecular complexity index is 399. The van der Waals surface area contributed by atoms with E-state index in [4.69, 9.17) is 16.7 Å². The van der Waals surface area contributed by atoms with Crippen molar-refractivity contribution >= 4 is 11.6 Å². The minimum Gasteiger partial charge on any atom is -0.403 e. The van der Waals surface area contributed by atoms with Crippen molar-refractivity contribution in [2.45, 2.75) is 25.3 Å². The Kier molecular flexibility index (Phi) is 4.69. The summed E-state index contributed by atoms with van der Waals surface area (Å²) in [6.07, 6.45) is -8.02. The number of hydrogen-bond donors (Lipinski definition) is 1. The molecule has 102 valence electrons. The van der Waals surface area contributed by atoms with Gasteiger partial charge in [-0.1, -0.05) is 0 Å². The maximum atomic E-state index is 12.4. The van der Waals surface area contributed by atoms with Crippen molar-refractivity contribution in [3.8, 4) is 5.75 Å². The molecule has 0 saturated carbocycles. The van der Waals surface area contributed by atoms with Crippen molar-refractivity contribution in [2.75, 3.05) is 0 Å². The molecule has 0 spiro atoms. The molecule has 3 nitrogen and oxygen atoms in total. The minimum atomic E-state index is -5.03. The van der Waals surface area contributed by atoms with E-state index in [1.165, 1.54) is 0 Å². The number of aromatic nitrogens is 1. The predicted octanol–water partition coefficient (Wildman–Crippen LogP) is 3.15. The van der Waals surface area contributed by atoms with Gasteiger partial charge in [0.2, 0.25) is 0 Å². The molecule has 1 N–H and O–H groups in total. The quantitative estimate of drug-likeness (QED) is 0.684. The second-order valence-corrected chi connectivity index (χ2v) is 3.39. The predicted molar refractivity (Wildman–Crippen MR) is 51.4 cm³/mol. The van der Waals surface area contributed by atoms with E-state index in [-0.39, 0.29) is 0 Å². The summed E-state index contributed by atoms with van der Waals surface area (Å²) >= 11 is 5.33. The second kappa shape index (κ2) is 5.66. The van der Waals surface area contributed by atoms with Crippen molar-refractivity contribution in [1.29, 1.82) is 0 Å². The van der Waals surface area contributed by atoms with Crippen molar-refractivity contribution in [2.24, 2.45) is 0 Å². The third-order valence-electron chi connectivity index (χ3n) is 1.88. The monoisotopic (exact) mass is 291 g/mol. The average molecular weight is 292 g/mol. The van der Waals surface area contributed by atoms with Gasteiger partial charge in [0, 0.05) is 5.56 Å². The van der Waals surface area contributed by atoms with Gasteiger partial charge < -0.3 is 9.84 Å². The van der Waals surface area contributed by atoms with E-state index >= 15 is 0 Å². The van der Waals surface area contributed by atoms with E-state index in [1.54, 1.807) is 0 Å². The van der Waals surface area contributed by atoms with Crippen LogP contribution < -0.4 is 4.74 Å². The lowest BCUT2D eigenvalue weighted by molar-refractivity contribution is -0.275. The Morgan fingerprint density at radius 2 is 2.00 bits per heavy atom. The maximum absolute atomic E-state index is 12.4. The van der Waals surface area contributed by atoms with Crippen molar-refractivity contribution < 1.29 is 31.8 Å². The van der Waals surface area contributed by atoms with Crippen molar-refractivity contribution in [3.63, 3.8) is 0 Å². The number of hydrogen-bond acceptors (Lipinski definition) is 3. The lowest BCUT2D eigenvalue weighted by Gasteiger charge is -2.16. The molecule has 0 saturated heterocycles. The largest absolute Gasteiger partial charge is 0.573 e. The highest BCUT2D eigenvalue weighted by atomic mass is 35.5. The fourth-order valence-electron chi connectivity index (χ4n) is 1.23. The number of ether oxygens (including phenoxy) is 1. The van der Waals surface area contributed by atoms with E-state index in [0.717, 1.165) is 0 Å². The summed E-state index contributed by atoms with van der Waals surface area (Å²) in [6, 6.07) is 0.641. The van der Waals surface area contributed by atoms with Gasteiger partial charge in [-0.25, -0.2) is 13.8 Å². The number of aliphatic hydroxyl groups is 1. The summed E-state index contributed by atoms with van der Waals surface area (Å²) in [4.78, 5) is 3.27. The zero-order valence-electron chi connectivity index (χ0n) is 8.64. The molecular formula is C9H7ClF5NO2. The van der Waals surface area contributed by atoms with Gasteiger partial charge in [0.25, 0.3) is 6.43 Å². The van der Waals surface area contributed by atoms with Gasteiger partial charge >= 0.3 is 6.36 Å². The molecule has 0 aliphatic rings. The Labute approximate surface area is 103 Å². The fourth-order valence-corrected chi connectivity index (χ4v) is 1.41. The Morgan fingerprint density at radius 3 is 2.39 bits per heavy atom. The first-order valence-electron chi connectivity index (χ1n) is 4.52. The van der Waals surface area contributed by atoms with Crippen LogP contribution >= 0.6 is 11.6 Å². The standard InChI is InChI=1S/C9H7ClF5NO2/c10-2-6-7(18-9(13,14)15)4(3-17)1-5(16-6)8(11)12/h1,8,17H,2-3H2. The topological polar surface area (TPSA) is 42.4 Å². The van der Waals surface area contributed by atoms with Crippen LogP contribution in [0.1, 0.15) is 23.4 Å². The molecule has 0 aliphatic heterocycles. The Hall–Kier alpha value is -1.15. The van der Waals surface area contributed by atoms with Crippen LogP contribution in [0.15, 0.2) is 6.07 Å². The average Bonchev–Trinajstić information content (AvgIpc) is 2.26. The molecule has 0 aliphatic carbocycles. The van der Waals surface area contributed by atoms with Gasteiger partial charge in [0.1, 0.15) is 5.69 Å². The first kappa shape index (κ1) is 14.9. The third kappa shape index (κ3) is 3.67. The van der Waals surface area contributed by atoms with Crippen LogP contribution in [0.3, 0.4) is 0 Å². The molecule has 1 aromatic rings. The van der Waals surface area contributed by atoms with Crippen LogP contribution in [-0.4, -0.2) is 16.5 Å². The van der Waals surface area contributed by atoms with Crippen LogP contribution in [0.25, 0.3) is 0 Å². The molecule has 0 bridgehead atoms. The Morgan fingerprint density at radius 1 is 1.39 bits per heavy atom. The molecule has 0 radical (unpaired) electrons. The van der Waals surface area contributed by atoms with E-state index in [2.05, 4.69) is 9.72 Å². The number of halogens is 6. The minimum absolute atomic E-state index is 0.451. The molecule has 1 rings (SSSR count). The maximum Gasteiger partial charge on any atom is 0.573 e. The molecule has 0 aromatic carbocycles. The molecule has 1 heterocycles. The number of nitrogens with zero attached hydrogens (tertiary/aromatic N) is 1. The van der Waals surface area contributed by atoms with Crippen LogP contribution in [0, 0.1) is 0 Å². The highest BCUT2D eigenvalue weighted by molar-refractivity contribution is 6.17. The van der Waals surface area contributed by atoms with Crippen LogP contribution in [0.4, 0.5) is 22.0 Å².